The Balaban J connectivity index is 1.54. The molecule has 0 saturated carbocycles. The first-order chi connectivity index (χ1) is 15.1. The van der Waals surface area contributed by atoms with Crippen molar-refractivity contribution in [2.24, 2.45) is 0 Å². The molecule has 4 aromatic rings. The molecule has 0 aliphatic rings. The summed E-state index contributed by atoms with van der Waals surface area (Å²) in [6, 6.07) is 10.3. The summed E-state index contributed by atoms with van der Waals surface area (Å²) in [6.45, 7) is 1.53. The lowest BCUT2D eigenvalue weighted by molar-refractivity contribution is 0.263. The van der Waals surface area contributed by atoms with E-state index in [-0.39, 0.29) is 12.4 Å². The molecule has 0 atom stereocenters. The zero-order valence-corrected chi connectivity index (χ0v) is 18.0. The number of hydrogen-bond donors (Lipinski definition) is 1. The second-order valence-electron chi connectivity index (χ2n) is 7.06. The topological polar surface area (TPSA) is 72.4 Å². The number of thiazole rings is 1. The molecule has 2 heterocycles. The quantitative estimate of drug-likeness (QED) is 0.412. The van der Waals surface area contributed by atoms with E-state index in [1.807, 2.05) is 42.6 Å². The maximum atomic E-state index is 14.6. The molecule has 0 fully saturated rings. The van der Waals surface area contributed by atoms with Gasteiger partial charge in [0.2, 0.25) is 0 Å². The Labute approximate surface area is 183 Å². The first kappa shape index (κ1) is 21.0. The minimum absolute atomic E-state index is 0.166. The van der Waals surface area contributed by atoms with E-state index in [0.29, 0.717) is 23.9 Å². The highest BCUT2D eigenvalue weighted by molar-refractivity contribution is 7.07. The van der Waals surface area contributed by atoms with Crippen LogP contribution in [-0.2, 0) is 6.61 Å². The maximum Gasteiger partial charge on any atom is 0.167 e. The monoisotopic (exact) mass is 439 g/mol. The van der Waals surface area contributed by atoms with Crippen LogP contribution in [0.5, 0.6) is 11.5 Å². The highest BCUT2D eigenvalue weighted by Gasteiger charge is 2.12. The van der Waals surface area contributed by atoms with Crippen molar-refractivity contribution in [2.75, 3.05) is 32.6 Å². The van der Waals surface area contributed by atoms with Crippen LogP contribution in [0.15, 0.2) is 53.6 Å². The zero-order valence-electron chi connectivity index (χ0n) is 17.2. The van der Waals surface area contributed by atoms with Crippen LogP contribution in [0.4, 0.5) is 15.9 Å². The molecular weight excluding hydrogens is 417 g/mol. The Morgan fingerprint density at radius 2 is 1.97 bits per heavy atom. The third kappa shape index (κ3) is 5.25. The lowest BCUT2D eigenvalue weighted by Gasteiger charge is -2.15. The van der Waals surface area contributed by atoms with E-state index in [9.17, 15) is 4.39 Å². The third-order valence-corrected chi connectivity index (χ3v) is 5.11. The van der Waals surface area contributed by atoms with Crippen molar-refractivity contribution >= 4 is 33.7 Å². The molecule has 0 amide bonds. The molecular formula is C22H22FN5O2S. The van der Waals surface area contributed by atoms with Gasteiger partial charge in [-0.1, -0.05) is 6.07 Å². The Morgan fingerprint density at radius 3 is 2.74 bits per heavy atom. The molecule has 7 nitrogen and oxygen atoms in total. The lowest BCUT2D eigenvalue weighted by Crippen LogP contribution is -2.19. The maximum absolute atomic E-state index is 14.6. The predicted molar refractivity (Wildman–Crippen MR) is 120 cm³/mol. The summed E-state index contributed by atoms with van der Waals surface area (Å²) in [4.78, 5) is 14.9. The average molecular weight is 440 g/mol. The molecule has 0 radical (unpaired) electrons. The average Bonchev–Trinajstić information content (AvgIpc) is 3.27. The molecule has 0 spiro atoms. The largest absolute Gasteiger partial charge is 0.491 e. The van der Waals surface area contributed by atoms with Crippen molar-refractivity contribution in [2.45, 2.75) is 6.61 Å². The van der Waals surface area contributed by atoms with Crippen molar-refractivity contribution in [1.82, 2.24) is 19.9 Å². The summed E-state index contributed by atoms with van der Waals surface area (Å²) in [5.74, 6) is 0.909. The number of halogens is 1. The lowest BCUT2D eigenvalue weighted by atomic mass is 10.2. The number of aromatic nitrogens is 3. The number of anilines is 2. The van der Waals surface area contributed by atoms with Crippen LogP contribution in [0.1, 0.15) is 5.69 Å². The number of nitrogens with one attached hydrogen (secondary N) is 1. The van der Waals surface area contributed by atoms with Gasteiger partial charge in [0.25, 0.3) is 0 Å². The van der Waals surface area contributed by atoms with Gasteiger partial charge in [-0.25, -0.2) is 19.3 Å². The van der Waals surface area contributed by atoms with E-state index in [0.717, 1.165) is 23.1 Å². The van der Waals surface area contributed by atoms with Gasteiger partial charge in [0, 0.05) is 23.7 Å². The first-order valence-corrected chi connectivity index (χ1v) is 10.6. The number of fused-ring (bicyclic) bond motifs is 1. The second kappa shape index (κ2) is 9.67. The van der Waals surface area contributed by atoms with E-state index in [4.69, 9.17) is 9.47 Å². The van der Waals surface area contributed by atoms with Crippen molar-refractivity contribution in [3.05, 3.63) is 65.1 Å². The fourth-order valence-electron chi connectivity index (χ4n) is 2.92. The molecule has 9 heteroatoms. The molecule has 2 aromatic carbocycles. The number of nitrogens with zero attached hydrogens (tertiary/aromatic N) is 4. The summed E-state index contributed by atoms with van der Waals surface area (Å²) >= 11 is 1.47. The molecule has 31 heavy (non-hydrogen) atoms. The van der Waals surface area contributed by atoms with E-state index in [2.05, 4.69) is 20.3 Å². The number of benzene rings is 2. The molecule has 0 aliphatic carbocycles. The zero-order chi connectivity index (χ0) is 21.6. The summed E-state index contributed by atoms with van der Waals surface area (Å²) in [5, 5.41) is 5.79. The molecule has 0 aliphatic heterocycles. The van der Waals surface area contributed by atoms with Crippen molar-refractivity contribution in [3.8, 4) is 11.5 Å². The summed E-state index contributed by atoms with van der Waals surface area (Å²) in [6.07, 6.45) is 1.47. The smallest absolute Gasteiger partial charge is 0.167 e. The van der Waals surface area contributed by atoms with Gasteiger partial charge in [-0.05, 0) is 38.4 Å². The number of rotatable bonds is 9. The van der Waals surface area contributed by atoms with E-state index >= 15 is 0 Å². The van der Waals surface area contributed by atoms with E-state index < -0.39 is 5.82 Å². The van der Waals surface area contributed by atoms with Crippen LogP contribution in [-0.4, -0.2) is 47.1 Å². The van der Waals surface area contributed by atoms with Gasteiger partial charge in [-0.3, -0.25) is 0 Å². The predicted octanol–water partition coefficient (Wildman–Crippen LogP) is 4.49. The Kier molecular flexibility index (Phi) is 6.54. The highest BCUT2D eigenvalue weighted by Crippen LogP contribution is 2.32. The summed E-state index contributed by atoms with van der Waals surface area (Å²) in [5.41, 5.74) is 3.76. The second-order valence-corrected chi connectivity index (χ2v) is 7.78. The summed E-state index contributed by atoms with van der Waals surface area (Å²) in [7, 11) is 3.97. The number of ether oxygens (including phenoxy) is 2. The van der Waals surface area contributed by atoms with Gasteiger partial charge in [0.1, 0.15) is 31.1 Å². The van der Waals surface area contributed by atoms with E-state index in [1.165, 1.54) is 23.7 Å². The van der Waals surface area contributed by atoms with Crippen LogP contribution in [0.2, 0.25) is 0 Å². The molecule has 160 valence electrons. The van der Waals surface area contributed by atoms with E-state index in [1.54, 1.807) is 17.6 Å². The van der Waals surface area contributed by atoms with Crippen molar-refractivity contribution < 1.29 is 13.9 Å². The van der Waals surface area contributed by atoms with Crippen molar-refractivity contribution in [3.63, 3.8) is 0 Å². The van der Waals surface area contributed by atoms with Gasteiger partial charge >= 0.3 is 0 Å². The molecule has 0 bridgehead atoms. The van der Waals surface area contributed by atoms with Gasteiger partial charge < -0.3 is 19.7 Å². The van der Waals surface area contributed by atoms with Crippen LogP contribution >= 0.6 is 11.3 Å². The standard InChI is InChI=1S/C22H22FN5O2S/c1-28(2)8-9-29-20-5-3-4-18-21(20)22(25-13-24-18)27-15-6-7-19(17(23)10-15)30-11-16-12-31-14-26-16/h3-7,10,12-14H,8-9,11H2,1-2H3,(H,24,25,27). The molecule has 2 aromatic heterocycles. The number of likely N-dealkylation sites (N-methyl/N-ethyl adjacent to an activating group) is 1. The highest BCUT2D eigenvalue weighted by atomic mass is 32.1. The fraction of sp³-hybridized carbons (Fsp3) is 0.227. The third-order valence-electron chi connectivity index (χ3n) is 4.47. The normalized spacial score (nSPS) is 11.1. The number of hydrogen-bond acceptors (Lipinski definition) is 8. The van der Waals surface area contributed by atoms with Gasteiger partial charge in [0.15, 0.2) is 11.6 Å². The Bertz CT molecular complexity index is 1150. The molecule has 1 N–H and O–H groups in total. The molecule has 0 saturated heterocycles. The van der Waals surface area contributed by atoms with Crippen LogP contribution in [0.25, 0.3) is 10.9 Å². The SMILES string of the molecule is CN(C)CCOc1cccc2ncnc(Nc3ccc(OCc4cscn4)c(F)c3)c12. The van der Waals surface area contributed by atoms with Gasteiger partial charge in [-0.2, -0.15) is 0 Å². The van der Waals surface area contributed by atoms with Gasteiger partial charge in [0.05, 0.1) is 22.1 Å². The van der Waals surface area contributed by atoms with Crippen LogP contribution in [0.3, 0.4) is 0 Å². The molecule has 4 rings (SSSR count). The minimum Gasteiger partial charge on any atom is -0.491 e. The minimum atomic E-state index is -0.471. The first-order valence-electron chi connectivity index (χ1n) is 9.68. The van der Waals surface area contributed by atoms with Crippen molar-refractivity contribution in [1.29, 1.82) is 0 Å². The Hall–Kier alpha value is -3.30. The van der Waals surface area contributed by atoms with Crippen LogP contribution < -0.4 is 14.8 Å². The summed E-state index contributed by atoms with van der Waals surface area (Å²) < 4.78 is 26.1. The Morgan fingerprint density at radius 1 is 1.06 bits per heavy atom. The van der Waals surface area contributed by atoms with Crippen LogP contribution in [0, 0.1) is 5.82 Å². The van der Waals surface area contributed by atoms with Gasteiger partial charge in [-0.15, -0.1) is 11.3 Å². The molecule has 0 unspecified atom stereocenters. The fourth-order valence-corrected chi connectivity index (χ4v) is 3.47.